The van der Waals surface area contributed by atoms with Crippen LogP contribution < -0.4 is 10.6 Å². The molecular formula is C24H34N2O2S. The first-order chi connectivity index (χ1) is 14.1. The summed E-state index contributed by atoms with van der Waals surface area (Å²) in [7, 11) is 0. The molecule has 0 unspecified atom stereocenters. The zero-order valence-electron chi connectivity index (χ0n) is 17.5. The molecule has 4 nitrogen and oxygen atoms in total. The van der Waals surface area contributed by atoms with Gasteiger partial charge in [-0.25, -0.2) is 0 Å². The summed E-state index contributed by atoms with van der Waals surface area (Å²) in [5.74, 6) is 2.94. The van der Waals surface area contributed by atoms with Crippen LogP contribution >= 0.6 is 11.8 Å². The van der Waals surface area contributed by atoms with E-state index in [1.165, 1.54) is 50.3 Å². The zero-order chi connectivity index (χ0) is 20.3. The molecule has 1 aromatic carbocycles. The lowest BCUT2D eigenvalue weighted by Crippen LogP contribution is -2.60. The highest BCUT2D eigenvalue weighted by atomic mass is 32.2. The smallest absolute Gasteiger partial charge is 0.252 e. The fraction of sp³-hybridized carbons (Fsp3) is 0.667. The number of hydrogen-bond acceptors (Lipinski definition) is 3. The van der Waals surface area contributed by atoms with Gasteiger partial charge in [-0.2, -0.15) is 0 Å². The molecule has 0 radical (unpaired) electrons. The van der Waals surface area contributed by atoms with Crippen LogP contribution in [0.3, 0.4) is 0 Å². The molecule has 0 saturated heterocycles. The van der Waals surface area contributed by atoms with Gasteiger partial charge in [-0.15, -0.1) is 11.8 Å². The largest absolute Gasteiger partial charge is 0.352 e. The molecular weight excluding hydrogens is 380 g/mol. The van der Waals surface area contributed by atoms with E-state index in [9.17, 15) is 9.59 Å². The number of rotatable bonds is 9. The van der Waals surface area contributed by atoms with E-state index in [1.807, 2.05) is 24.3 Å². The second kappa shape index (κ2) is 9.11. The van der Waals surface area contributed by atoms with Crippen molar-refractivity contribution >= 4 is 23.6 Å². The Hall–Kier alpha value is -1.49. The predicted molar refractivity (Wildman–Crippen MR) is 118 cm³/mol. The minimum Gasteiger partial charge on any atom is -0.352 e. The van der Waals surface area contributed by atoms with Crippen molar-refractivity contribution in [3.05, 3.63) is 29.8 Å². The number of nitrogens with one attached hydrogen (secondary N) is 2. The van der Waals surface area contributed by atoms with E-state index in [-0.39, 0.29) is 17.4 Å². The zero-order valence-corrected chi connectivity index (χ0v) is 18.4. The first kappa shape index (κ1) is 20.8. The van der Waals surface area contributed by atoms with E-state index in [4.69, 9.17) is 0 Å². The number of unbranched alkanes of at least 4 members (excludes halogenated alkanes) is 2. The number of carbonyl (C=O) groups is 2. The summed E-state index contributed by atoms with van der Waals surface area (Å²) in [4.78, 5) is 26.2. The molecule has 4 aliphatic rings. The standard InChI is InChI=1S/C24H34N2O2S/c1-2-3-6-9-25-23(28)20-7-4-5-8-21(20)29-16-22(27)26-24-13-17-10-18(14-24)12-19(11-17)15-24/h4-5,7-8,17-19H,2-3,6,9-16H2,1H3,(H,25,28)(H,26,27). The van der Waals surface area contributed by atoms with Crippen LogP contribution in [0.1, 0.15) is 75.1 Å². The molecule has 29 heavy (non-hydrogen) atoms. The van der Waals surface area contributed by atoms with Gasteiger partial charge in [0, 0.05) is 17.0 Å². The van der Waals surface area contributed by atoms with Gasteiger partial charge in [0.15, 0.2) is 0 Å². The van der Waals surface area contributed by atoms with Crippen molar-refractivity contribution < 1.29 is 9.59 Å². The Balaban J connectivity index is 1.31. The molecule has 2 N–H and O–H groups in total. The summed E-state index contributed by atoms with van der Waals surface area (Å²) in [6.45, 7) is 2.86. The molecule has 4 saturated carbocycles. The highest BCUT2D eigenvalue weighted by Gasteiger charge is 2.51. The lowest BCUT2D eigenvalue weighted by Gasteiger charge is -2.56. The maximum atomic E-state index is 12.8. The van der Waals surface area contributed by atoms with Crippen LogP contribution in [0.2, 0.25) is 0 Å². The Labute approximate surface area is 179 Å². The minimum atomic E-state index is -0.0364. The van der Waals surface area contributed by atoms with Crippen molar-refractivity contribution in [3.63, 3.8) is 0 Å². The number of hydrogen-bond donors (Lipinski definition) is 2. The van der Waals surface area contributed by atoms with Gasteiger partial charge in [0.2, 0.25) is 5.91 Å². The van der Waals surface area contributed by atoms with Gasteiger partial charge < -0.3 is 10.6 Å². The third-order valence-electron chi connectivity index (χ3n) is 7.00. The van der Waals surface area contributed by atoms with E-state index >= 15 is 0 Å². The Morgan fingerprint density at radius 3 is 2.34 bits per heavy atom. The lowest BCUT2D eigenvalue weighted by molar-refractivity contribution is -0.124. The van der Waals surface area contributed by atoms with Crippen LogP contribution in [0.25, 0.3) is 0 Å². The molecule has 2 amide bonds. The summed E-state index contributed by atoms with van der Waals surface area (Å²) >= 11 is 1.48. The van der Waals surface area contributed by atoms with Crippen LogP contribution in [0.5, 0.6) is 0 Å². The van der Waals surface area contributed by atoms with Gasteiger partial charge >= 0.3 is 0 Å². The van der Waals surface area contributed by atoms with Crippen molar-refractivity contribution in [1.29, 1.82) is 0 Å². The van der Waals surface area contributed by atoms with Gasteiger partial charge in [0.05, 0.1) is 11.3 Å². The minimum absolute atomic E-state index is 0.0364. The average Bonchev–Trinajstić information content (AvgIpc) is 2.68. The maximum absolute atomic E-state index is 12.8. The summed E-state index contributed by atoms with van der Waals surface area (Å²) in [5.41, 5.74) is 0.736. The van der Waals surface area contributed by atoms with Gasteiger partial charge in [0.1, 0.15) is 0 Å². The maximum Gasteiger partial charge on any atom is 0.252 e. The number of carbonyl (C=O) groups excluding carboxylic acids is 2. The van der Waals surface area contributed by atoms with E-state index < -0.39 is 0 Å². The normalized spacial score (nSPS) is 29.6. The predicted octanol–water partition coefficient (Wildman–Crippen LogP) is 4.78. The topological polar surface area (TPSA) is 58.2 Å². The van der Waals surface area contributed by atoms with E-state index in [0.29, 0.717) is 17.9 Å². The molecule has 4 bridgehead atoms. The summed E-state index contributed by atoms with van der Waals surface area (Å²) in [6.07, 6.45) is 10.9. The molecule has 158 valence electrons. The van der Waals surface area contributed by atoms with Gasteiger partial charge in [0.25, 0.3) is 5.91 Å². The van der Waals surface area contributed by atoms with Crippen molar-refractivity contribution in [1.82, 2.24) is 10.6 Å². The van der Waals surface area contributed by atoms with Crippen LogP contribution in [0.4, 0.5) is 0 Å². The fourth-order valence-corrected chi connectivity index (χ4v) is 7.04. The molecule has 0 spiro atoms. The van der Waals surface area contributed by atoms with Crippen molar-refractivity contribution in [2.75, 3.05) is 12.3 Å². The quantitative estimate of drug-likeness (QED) is 0.451. The van der Waals surface area contributed by atoms with E-state index in [2.05, 4.69) is 17.6 Å². The fourth-order valence-electron chi connectivity index (χ4n) is 6.19. The Bertz CT molecular complexity index is 713. The number of amides is 2. The van der Waals surface area contributed by atoms with Crippen molar-refractivity contribution in [3.8, 4) is 0 Å². The molecule has 0 heterocycles. The van der Waals surface area contributed by atoms with Gasteiger partial charge in [-0.3, -0.25) is 9.59 Å². The average molecular weight is 415 g/mol. The van der Waals surface area contributed by atoms with Crippen LogP contribution in [-0.2, 0) is 4.79 Å². The van der Waals surface area contributed by atoms with Crippen LogP contribution in [0.15, 0.2) is 29.2 Å². The second-order valence-electron chi connectivity index (χ2n) is 9.49. The summed E-state index contributed by atoms with van der Waals surface area (Å²) in [5, 5.41) is 6.44. The van der Waals surface area contributed by atoms with E-state index in [0.717, 1.165) is 41.9 Å². The van der Waals surface area contributed by atoms with Crippen molar-refractivity contribution in [2.45, 2.75) is 75.1 Å². The Kier molecular flexibility index (Phi) is 6.53. The molecule has 4 aliphatic carbocycles. The molecule has 1 aromatic rings. The summed E-state index contributed by atoms with van der Waals surface area (Å²) < 4.78 is 0. The number of thioether (sulfide) groups is 1. The Morgan fingerprint density at radius 1 is 1.03 bits per heavy atom. The van der Waals surface area contributed by atoms with E-state index in [1.54, 1.807) is 0 Å². The highest BCUT2D eigenvalue weighted by molar-refractivity contribution is 8.00. The summed E-state index contributed by atoms with van der Waals surface area (Å²) in [6, 6.07) is 7.63. The highest BCUT2D eigenvalue weighted by Crippen LogP contribution is 2.55. The first-order valence-electron chi connectivity index (χ1n) is 11.4. The van der Waals surface area contributed by atoms with Gasteiger partial charge in [-0.1, -0.05) is 31.9 Å². The molecule has 0 aromatic heterocycles. The molecule has 0 aliphatic heterocycles. The Morgan fingerprint density at radius 2 is 1.69 bits per heavy atom. The first-order valence-corrected chi connectivity index (χ1v) is 12.4. The molecule has 0 atom stereocenters. The monoisotopic (exact) mass is 414 g/mol. The lowest BCUT2D eigenvalue weighted by atomic mass is 9.53. The third-order valence-corrected chi connectivity index (χ3v) is 8.07. The molecule has 5 rings (SSSR count). The van der Waals surface area contributed by atoms with Crippen LogP contribution in [0, 0.1) is 17.8 Å². The van der Waals surface area contributed by atoms with Crippen LogP contribution in [-0.4, -0.2) is 29.7 Å². The number of benzene rings is 1. The van der Waals surface area contributed by atoms with Gasteiger partial charge in [-0.05, 0) is 74.8 Å². The molecule has 5 heteroatoms. The van der Waals surface area contributed by atoms with Crippen molar-refractivity contribution in [2.24, 2.45) is 17.8 Å². The second-order valence-corrected chi connectivity index (χ2v) is 10.5. The molecule has 4 fully saturated rings. The third kappa shape index (κ3) is 4.99. The SMILES string of the molecule is CCCCCNC(=O)c1ccccc1SCC(=O)NC12CC3CC(CC(C3)C1)C2.